The quantitative estimate of drug-likeness (QED) is 0.442. The zero-order chi connectivity index (χ0) is 14.5. The van der Waals surface area contributed by atoms with Crippen LogP contribution in [0.25, 0.3) is 0 Å². The molecule has 0 aliphatic carbocycles. The molecule has 2 aromatic carbocycles. The molecule has 0 spiro atoms. The van der Waals surface area contributed by atoms with Crippen molar-refractivity contribution in [2.75, 3.05) is 0 Å². The maximum atomic E-state index is 11.0. The van der Waals surface area contributed by atoms with Crippen molar-refractivity contribution in [2.45, 2.75) is 0 Å². The van der Waals surface area contributed by atoms with Crippen molar-refractivity contribution in [3.63, 3.8) is 0 Å². The van der Waals surface area contributed by atoms with Crippen LogP contribution >= 0.6 is 0 Å². The SMILES string of the molecule is O=C(O)c1cc(C#Cc2ccccc2)cc(C(=O)O)c1.[H-].[H-].[K+].[K+]. The fraction of sp³-hybridized carbons (Fsp3) is 0. The Morgan fingerprint density at radius 2 is 1.23 bits per heavy atom. The minimum Gasteiger partial charge on any atom is -1.00 e. The first kappa shape index (κ1) is 22.2. The van der Waals surface area contributed by atoms with Crippen LogP contribution in [-0.4, -0.2) is 22.2 Å². The van der Waals surface area contributed by atoms with Gasteiger partial charge in [0.05, 0.1) is 11.1 Å². The van der Waals surface area contributed by atoms with Gasteiger partial charge in [-0.1, -0.05) is 30.0 Å². The van der Waals surface area contributed by atoms with Gasteiger partial charge < -0.3 is 13.1 Å². The third-order valence-electron chi connectivity index (χ3n) is 2.55. The molecule has 0 atom stereocenters. The van der Waals surface area contributed by atoms with Crippen molar-refractivity contribution in [3.05, 3.63) is 70.8 Å². The third-order valence-corrected chi connectivity index (χ3v) is 2.55. The topological polar surface area (TPSA) is 74.6 Å². The van der Waals surface area contributed by atoms with Crippen LogP contribution in [0.2, 0.25) is 0 Å². The molecule has 2 aromatic rings. The molecule has 0 fully saturated rings. The maximum Gasteiger partial charge on any atom is 1.00 e. The Morgan fingerprint density at radius 1 is 0.773 bits per heavy atom. The van der Waals surface area contributed by atoms with Crippen molar-refractivity contribution in [3.8, 4) is 11.8 Å². The van der Waals surface area contributed by atoms with E-state index in [0.717, 1.165) is 11.6 Å². The van der Waals surface area contributed by atoms with Crippen LogP contribution in [0.5, 0.6) is 0 Å². The summed E-state index contributed by atoms with van der Waals surface area (Å²) >= 11 is 0. The van der Waals surface area contributed by atoms with Gasteiger partial charge in [0, 0.05) is 11.1 Å². The molecule has 0 radical (unpaired) electrons. The number of benzene rings is 2. The second-order valence-electron chi connectivity index (χ2n) is 4.03. The first-order valence-electron chi connectivity index (χ1n) is 5.75. The number of aromatic carboxylic acids is 2. The summed E-state index contributed by atoms with van der Waals surface area (Å²) in [5.41, 5.74) is 0.931. The minimum absolute atomic E-state index is 0. The Morgan fingerprint density at radius 3 is 1.68 bits per heavy atom. The maximum absolute atomic E-state index is 11.0. The molecule has 0 aromatic heterocycles. The summed E-state index contributed by atoms with van der Waals surface area (Å²) in [5.74, 6) is 3.26. The summed E-state index contributed by atoms with van der Waals surface area (Å²) in [4.78, 5) is 21.9. The Kier molecular flexibility index (Phi) is 11.0. The van der Waals surface area contributed by atoms with E-state index in [-0.39, 0.29) is 117 Å². The first-order valence-corrected chi connectivity index (χ1v) is 5.75. The summed E-state index contributed by atoms with van der Waals surface area (Å²) < 4.78 is 0. The number of carbonyl (C=O) groups is 2. The van der Waals surface area contributed by atoms with Gasteiger partial charge in [0.2, 0.25) is 0 Å². The average molecular weight is 346 g/mol. The molecule has 0 amide bonds. The smallest absolute Gasteiger partial charge is 1.00 e. The van der Waals surface area contributed by atoms with Crippen LogP contribution in [0, 0.1) is 11.8 Å². The molecular weight excluding hydrogens is 334 g/mol. The van der Waals surface area contributed by atoms with Crippen LogP contribution < -0.4 is 103 Å². The minimum atomic E-state index is -1.18. The third kappa shape index (κ3) is 6.76. The van der Waals surface area contributed by atoms with Gasteiger partial charge in [-0.25, -0.2) is 9.59 Å². The largest absolute Gasteiger partial charge is 1.00 e. The molecule has 0 unspecified atom stereocenters. The number of hydrogen-bond donors (Lipinski definition) is 2. The predicted molar refractivity (Wildman–Crippen MR) is 75.0 cm³/mol. The van der Waals surface area contributed by atoms with E-state index < -0.39 is 11.9 Å². The molecule has 4 nitrogen and oxygen atoms in total. The molecule has 22 heavy (non-hydrogen) atoms. The monoisotopic (exact) mass is 346 g/mol. The fourth-order valence-corrected chi connectivity index (χ4v) is 1.61. The molecule has 0 aliphatic heterocycles. The van der Waals surface area contributed by atoms with Crippen LogP contribution in [0.15, 0.2) is 48.5 Å². The number of carboxylic acids is 2. The number of hydrogen-bond acceptors (Lipinski definition) is 2. The van der Waals surface area contributed by atoms with E-state index in [2.05, 4.69) is 11.8 Å². The second kappa shape index (κ2) is 10.9. The van der Waals surface area contributed by atoms with Crippen molar-refractivity contribution >= 4 is 11.9 Å². The van der Waals surface area contributed by atoms with Gasteiger partial charge in [-0.2, -0.15) is 0 Å². The second-order valence-corrected chi connectivity index (χ2v) is 4.03. The molecule has 0 bridgehead atoms. The van der Waals surface area contributed by atoms with E-state index >= 15 is 0 Å². The van der Waals surface area contributed by atoms with E-state index in [9.17, 15) is 9.59 Å². The molecule has 2 N–H and O–H groups in total. The zero-order valence-corrected chi connectivity index (χ0v) is 18.6. The van der Waals surface area contributed by atoms with E-state index in [1.165, 1.54) is 12.1 Å². The average Bonchev–Trinajstić information content (AvgIpc) is 2.45. The van der Waals surface area contributed by atoms with Crippen molar-refractivity contribution in [2.24, 2.45) is 0 Å². The molecule has 0 saturated heterocycles. The summed E-state index contributed by atoms with van der Waals surface area (Å²) in [6.07, 6.45) is 0. The number of rotatable bonds is 2. The Labute approximate surface area is 216 Å². The van der Waals surface area contributed by atoms with Gasteiger partial charge in [0.1, 0.15) is 0 Å². The Balaban J connectivity index is -0.00000110. The van der Waals surface area contributed by atoms with E-state index in [1.54, 1.807) is 0 Å². The molecule has 2 rings (SSSR count). The molecule has 6 heteroatoms. The molecule has 0 saturated carbocycles. The molecule has 0 aliphatic rings. The van der Waals surface area contributed by atoms with Crippen molar-refractivity contribution < 1.29 is 125 Å². The Hall–Kier alpha value is 0.213. The van der Waals surface area contributed by atoms with Gasteiger partial charge in [-0.15, -0.1) is 0 Å². The fourth-order valence-electron chi connectivity index (χ4n) is 1.61. The molecular formula is C16H12K2O4. The Bertz CT molecular complexity index is 708. The van der Waals surface area contributed by atoms with E-state index in [1.807, 2.05) is 30.3 Å². The normalized spacial score (nSPS) is 8.55. The van der Waals surface area contributed by atoms with Crippen molar-refractivity contribution in [1.29, 1.82) is 0 Å². The van der Waals surface area contributed by atoms with E-state index in [0.29, 0.717) is 5.56 Å². The summed E-state index contributed by atoms with van der Waals surface area (Å²) in [6.45, 7) is 0. The van der Waals surface area contributed by atoms with Gasteiger partial charge in [0.15, 0.2) is 0 Å². The first-order chi connectivity index (χ1) is 9.56. The summed E-state index contributed by atoms with van der Waals surface area (Å²) in [7, 11) is 0. The summed E-state index contributed by atoms with van der Waals surface area (Å²) in [5, 5.41) is 17.9. The van der Waals surface area contributed by atoms with Crippen LogP contribution in [0.4, 0.5) is 0 Å². The van der Waals surface area contributed by atoms with Gasteiger partial charge in [-0.3, -0.25) is 0 Å². The standard InChI is InChI=1S/C16H10O4.2K.2H/c17-15(18)13-8-12(9-14(10-13)16(19)20)7-6-11-4-2-1-3-5-11;;;;/h1-5,8-10H,(H,17,18)(H,19,20);;;;/q;2*+1;2*-1. The van der Waals surface area contributed by atoms with E-state index in [4.69, 9.17) is 10.2 Å². The number of carboxylic acid groups (broad SMARTS) is 2. The zero-order valence-electron chi connectivity index (χ0n) is 14.3. The van der Waals surface area contributed by atoms with Crippen LogP contribution in [0.1, 0.15) is 34.7 Å². The van der Waals surface area contributed by atoms with Crippen molar-refractivity contribution in [1.82, 2.24) is 0 Å². The van der Waals surface area contributed by atoms with Gasteiger partial charge >= 0.3 is 115 Å². The van der Waals surface area contributed by atoms with Gasteiger partial charge in [0.25, 0.3) is 0 Å². The summed E-state index contributed by atoms with van der Waals surface area (Å²) in [6, 6.07) is 13.0. The molecule has 0 heterocycles. The van der Waals surface area contributed by atoms with Crippen LogP contribution in [0.3, 0.4) is 0 Å². The predicted octanol–water partition coefficient (Wildman–Crippen LogP) is -3.28. The van der Waals surface area contributed by atoms with Gasteiger partial charge in [-0.05, 0) is 30.3 Å². The van der Waals surface area contributed by atoms with Crippen LogP contribution in [-0.2, 0) is 0 Å². The molecule has 102 valence electrons.